The fraction of sp³-hybridized carbons (Fsp3) is 0.391. The van der Waals surface area contributed by atoms with E-state index in [-0.39, 0.29) is 10.8 Å². The van der Waals surface area contributed by atoms with E-state index in [0.717, 1.165) is 11.1 Å². The van der Waals surface area contributed by atoms with E-state index in [1.807, 2.05) is 12.1 Å². The summed E-state index contributed by atoms with van der Waals surface area (Å²) in [5.41, 5.74) is 2.69. The Hall–Kier alpha value is -2.04. The van der Waals surface area contributed by atoms with E-state index in [1.54, 1.807) is 18.2 Å². The van der Waals surface area contributed by atoms with Gasteiger partial charge in [0.15, 0.2) is 6.61 Å². The zero-order chi connectivity index (χ0) is 22.0. The molecule has 2 rings (SSSR count). The first-order valence-electron chi connectivity index (χ1n) is 9.35. The fourth-order valence-electron chi connectivity index (χ4n) is 2.65. The summed E-state index contributed by atoms with van der Waals surface area (Å²) in [6, 6.07) is 10.5. The predicted octanol–water partition coefficient (Wildman–Crippen LogP) is 6.38. The number of nitrogens with one attached hydrogen (secondary N) is 1. The zero-order valence-corrected chi connectivity index (χ0v) is 19.2. The molecule has 0 saturated heterocycles. The largest absolute Gasteiger partial charge is 0.452 e. The number of ether oxygens (including phenoxy) is 1. The van der Waals surface area contributed by atoms with Crippen molar-refractivity contribution < 1.29 is 14.3 Å². The first kappa shape index (κ1) is 23.2. The van der Waals surface area contributed by atoms with Gasteiger partial charge < -0.3 is 10.1 Å². The number of hydrogen-bond acceptors (Lipinski definition) is 3. The van der Waals surface area contributed by atoms with Crippen molar-refractivity contribution in [3.8, 4) is 0 Å². The average Bonchev–Trinajstić information content (AvgIpc) is 2.56. The lowest BCUT2D eigenvalue weighted by Gasteiger charge is -2.25. The highest BCUT2D eigenvalue weighted by molar-refractivity contribution is 6.35. The second-order valence-corrected chi connectivity index (χ2v) is 9.95. The molecule has 0 heterocycles. The van der Waals surface area contributed by atoms with Crippen molar-refractivity contribution in [1.29, 1.82) is 0 Å². The molecule has 0 bridgehead atoms. The second-order valence-electron chi connectivity index (χ2n) is 9.08. The minimum atomic E-state index is -0.541. The molecular formula is C23H27Cl2NO3. The molecule has 2 aromatic rings. The van der Waals surface area contributed by atoms with Gasteiger partial charge in [0.1, 0.15) is 0 Å². The van der Waals surface area contributed by atoms with E-state index in [0.29, 0.717) is 21.3 Å². The highest BCUT2D eigenvalue weighted by Crippen LogP contribution is 2.30. The Labute approximate surface area is 182 Å². The van der Waals surface area contributed by atoms with Crippen LogP contribution < -0.4 is 5.32 Å². The summed E-state index contributed by atoms with van der Waals surface area (Å²) in [5, 5.41) is 3.42. The average molecular weight is 436 g/mol. The molecule has 6 heteroatoms. The highest BCUT2D eigenvalue weighted by Gasteiger charge is 2.23. The molecule has 0 aromatic heterocycles. The molecule has 0 atom stereocenters. The summed E-state index contributed by atoms with van der Waals surface area (Å²) in [7, 11) is 0. The molecule has 0 spiro atoms. The van der Waals surface area contributed by atoms with Crippen LogP contribution in [0.3, 0.4) is 0 Å². The van der Waals surface area contributed by atoms with Gasteiger partial charge in [0, 0.05) is 15.7 Å². The smallest absolute Gasteiger partial charge is 0.338 e. The molecule has 0 aliphatic heterocycles. The maximum atomic E-state index is 12.6. The lowest BCUT2D eigenvalue weighted by molar-refractivity contribution is -0.119. The first-order chi connectivity index (χ1) is 13.3. The summed E-state index contributed by atoms with van der Waals surface area (Å²) in [6.07, 6.45) is 0. The Morgan fingerprint density at radius 2 is 1.31 bits per heavy atom. The van der Waals surface area contributed by atoms with Gasteiger partial charge in [-0.25, -0.2) is 4.79 Å². The van der Waals surface area contributed by atoms with E-state index < -0.39 is 18.5 Å². The van der Waals surface area contributed by atoms with Crippen LogP contribution in [0.15, 0.2) is 36.4 Å². The van der Waals surface area contributed by atoms with Gasteiger partial charge in [0.05, 0.1) is 5.56 Å². The van der Waals surface area contributed by atoms with Crippen molar-refractivity contribution in [2.75, 3.05) is 11.9 Å². The van der Waals surface area contributed by atoms with Crippen molar-refractivity contribution in [1.82, 2.24) is 0 Å². The third-order valence-corrected chi connectivity index (χ3v) is 4.82. The molecule has 0 radical (unpaired) electrons. The fourth-order valence-corrected chi connectivity index (χ4v) is 3.18. The van der Waals surface area contributed by atoms with E-state index in [2.05, 4.69) is 52.9 Å². The molecule has 0 saturated carbocycles. The topological polar surface area (TPSA) is 55.4 Å². The molecule has 2 aromatic carbocycles. The van der Waals surface area contributed by atoms with Gasteiger partial charge in [-0.1, -0.05) is 70.8 Å². The van der Waals surface area contributed by atoms with Gasteiger partial charge >= 0.3 is 5.97 Å². The van der Waals surface area contributed by atoms with Crippen LogP contribution in [0.2, 0.25) is 10.0 Å². The van der Waals surface area contributed by atoms with Gasteiger partial charge in [0.25, 0.3) is 5.91 Å². The number of amides is 1. The van der Waals surface area contributed by atoms with Gasteiger partial charge in [-0.3, -0.25) is 4.79 Å². The number of anilines is 1. The van der Waals surface area contributed by atoms with Crippen molar-refractivity contribution in [2.45, 2.75) is 52.4 Å². The van der Waals surface area contributed by atoms with Crippen molar-refractivity contribution in [3.05, 3.63) is 63.1 Å². The van der Waals surface area contributed by atoms with Gasteiger partial charge in [0.2, 0.25) is 0 Å². The predicted molar refractivity (Wildman–Crippen MR) is 119 cm³/mol. The Morgan fingerprint density at radius 1 is 0.828 bits per heavy atom. The molecule has 0 unspecified atom stereocenters. The molecule has 0 fully saturated rings. The normalized spacial score (nSPS) is 11.9. The minimum Gasteiger partial charge on any atom is -0.452 e. The maximum absolute atomic E-state index is 12.6. The van der Waals surface area contributed by atoms with Gasteiger partial charge in [-0.15, -0.1) is 0 Å². The van der Waals surface area contributed by atoms with Crippen LogP contribution >= 0.6 is 23.2 Å². The summed E-state index contributed by atoms with van der Waals surface area (Å²) in [6.45, 7) is 12.1. The molecule has 156 valence electrons. The van der Waals surface area contributed by atoms with E-state index in [4.69, 9.17) is 27.9 Å². The SMILES string of the molecule is CC(C)(C)c1cc(C(=O)OCC(=O)Nc2cc(Cl)cc(Cl)c2)cc(C(C)(C)C)c1. The molecule has 4 nitrogen and oxygen atoms in total. The van der Waals surface area contributed by atoms with Crippen molar-refractivity contribution in [3.63, 3.8) is 0 Å². The Morgan fingerprint density at radius 3 is 1.76 bits per heavy atom. The minimum absolute atomic E-state index is 0.125. The number of benzene rings is 2. The van der Waals surface area contributed by atoms with E-state index in [9.17, 15) is 9.59 Å². The number of rotatable bonds is 4. The number of carbonyl (C=O) groups is 2. The summed E-state index contributed by atoms with van der Waals surface area (Å²) in [5.74, 6) is -1.01. The third kappa shape index (κ3) is 6.76. The van der Waals surface area contributed by atoms with Crippen LogP contribution in [0, 0.1) is 0 Å². The molecule has 1 N–H and O–H groups in total. The Balaban J connectivity index is 2.14. The first-order valence-corrected chi connectivity index (χ1v) is 10.1. The molecule has 29 heavy (non-hydrogen) atoms. The summed E-state index contributed by atoms with van der Waals surface area (Å²) in [4.78, 5) is 24.8. The van der Waals surface area contributed by atoms with Crippen molar-refractivity contribution >= 4 is 40.8 Å². The van der Waals surface area contributed by atoms with Crippen LogP contribution in [-0.4, -0.2) is 18.5 Å². The molecule has 1 amide bonds. The lowest BCUT2D eigenvalue weighted by Crippen LogP contribution is -2.22. The van der Waals surface area contributed by atoms with Crippen LogP contribution in [0.4, 0.5) is 5.69 Å². The van der Waals surface area contributed by atoms with Gasteiger partial charge in [-0.05, 0) is 52.3 Å². The second kappa shape index (κ2) is 8.76. The maximum Gasteiger partial charge on any atom is 0.338 e. The van der Waals surface area contributed by atoms with Crippen LogP contribution in [0.1, 0.15) is 63.0 Å². The number of esters is 1. The summed E-state index contributed by atoms with van der Waals surface area (Å²) >= 11 is 11.8. The lowest BCUT2D eigenvalue weighted by atomic mass is 9.79. The molecule has 0 aliphatic rings. The number of halogens is 2. The Bertz CT molecular complexity index is 872. The van der Waals surface area contributed by atoms with Gasteiger partial charge in [-0.2, -0.15) is 0 Å². The monoisotopic (exact) mass is 435 g/mol. The van der Waals surface area contributed by atoms with Crippen LogP contribution in [-0.2, 0) is 20.4 Å². The van der Waals surface area contributed by atoms with Crippen molar-refractivity contribution in [2.24, 2.45) is 0 Å². The Kier molecular flexibility index (Phi) is 7.02. The van der Waals surface area contributed by atoms with Crippen LogP contribution in [0.25, 0.3) is 0 Å². The number of carbonyl (C=O) groups excluding carboxylic acids is 2. The molecule has 0 aliphatic carbocycles. The quantitative estimate of drug-likeness (QED) is 0.566. The highest BCUT2D eigenvalue weighted by atomic mass is 35.5. The summed E-state index contributed by atoms with van der Waals surface area (Å²) < 4.78 is 5.24. The number of hydrogen-bond donors (Lipinski definition) is 1. The third-order valence-electron chi connectivity index (χ3n) is 4.38. The molecular weight excluding hydrogens is 409 g/mol. The van der Waals surface area contributed by atoms with E-state index >= 15 is 0 Å². The van der Waals surface area contributed by atoms with E-state index in [1.165, 1.54) is 0 Å². The zero-order valence-electron chi connectivity index (χ0n) is 17.7. The standard InChI is InChI=1S/C23H27Cl2NO3/c1-22(2,3)15-7-14(8-16(9-15)23(4,5)6)21(28)29-13-20(27)26-19-11-17(24)10-18(25)12-19/h7-12H,13H2,1-6H3,(H,26,27). The van der Waals surface area contributed by atoms with Crippen LogP contribution in [0.5, 0.6) is 0 Å².